The Labute approximate surface area is 97.2 Å². The van der Waals surface area contributed by atoms with E-state index in [0.29, 0.717) is 18.9 Å². The fraction of sp³-hybridized carbons (Fsp3) is 0.200. The highest BCUT2D eigenvalue weighted by atomic mass is 16.6. The number of nitrogens with one attached hydrogen (secondary N) is 1. The molecule has 2 aromatic heterocycles. The summed E-state index contributed by atoms with van der Waals surface area (Å²) in [5.41, 5.74) is 0.0292. The van der Waals surface area contributed by atoms with E-state index in [9.17, 15) is 10.1 Å². The van der Waals surface area contributed by atoms with Crippen molar-refractivity contribution in [3.8, 4) is 0 Å². The molecule has 0 spiro atoms. The lowest BCUT2D eigenvalue weighted by Gasteiger charge is -2.05. The SMILES string of the molecule is O=[N+]([O-])c1ccnc(NCCn2cccn2)c1. The van der Waals surface area contributed by atoms with Crippen LogP contribution in [0.5, 0.6) is 0 Å². The molecule has 0 amide bonds. The first-order valence-electron chi connectivity index (χ1n) is 5.07. The van der Waals surface area contributed by atoms with Crippen LogP contribution in [0, 0.1) is 10.1 Å². The van der Waals surface area contributed by atoms with E-state index in [1.807, 2.05) is 12.3 Å². The van der Waals surface area contributed by atoms with Gasteiger partial charge in [-0.2, -0.15) is 5.10 Å². The topological polar surface area (TPSA) is 85.9 Å². The first-order chi connectivity index (χ1) is 8.25. The molecule has 0 aliphatic rings. The van der Waals surface area contributed by atoms with E-state index in [1.54, 1.807) is 10.9 Å². The molecule has 0 unspecified atom stereocenters. The lowest BCUT2D eigenvalue weighted by atomic mass is 10.4. The predicted molar refractivity (Wildman–Crippen MR) is 61.6 cm³/mol. The van der Waals surface area contributed by atoms with E-state index >= 15 is 0 Å². The zero-order valence-corrected chi connectivity index (χ0v) is 8.98. The summed E-state index contributed by atoms with van der Waals surface area (Å²) >= 11 is 0. The van der Waals surface area contributed by atoms with Crippen LogP contribution in [-0.4, -0.2) is 26.2 Å². The second-order valence-electron chi connectivity index (χ2n) is 3.35. The van der Waals surface area contributed by atoms with Gasteiger partial charge < -0.3 is 5.32 Å². The minimum absolute atomic E-state index is 0.0292. The normalized spacial score (nSPS) is 10.1. The molecule has 0 aliphatic heterocycles. The van der Waals surface area contributed by atoms with Gasteiger partial charge in [0, 0.05) is 31.2 Å². The fourth-order valence-electron chi connectivity index (χ4n) is 1.36. The average molecular weight is 233 g/mol. The molecule has 0 atom stereocenters. The number of pyridine rings is 1. The Kier molecular flexibility index (Phi) is 3.29. The zero-order chi connectivity index (χ0) is 12.1. The standard InChI is InChI=1S/C10H11N5O2/c16-15(17)9-2-4-11-10(8-9)12-5-7-14-6-1-3-13-14/h1-4,6,8H,5,7H2,(H,11,12). The summed E-state index contributed by atoms with van der Waals surface area (Å²) in [7, 11) is 0. The molecule has 2 aromatic rings. The molecular formula is C10H11N5O2. The molecule has 0 fully saturated rings. The van der Waals surface area contributed by atoms with Gasteiger partial charge in [0.25, 0.3) is 5.69 Å². The molecule has 7 nitrogen and oxygen atoms in total. The third-order valence-electron chi connectivity index (χ3n) is 2.16. The van der Waals surface area contributed by atoms with Crippen molar-refractivity contribution in [2.24, 2.45) is 0 Å². The molecule has 1 N–H and O–H groups in total. The van der Waals surface area contributed by atoms with E-state index in [-0.39, 0.29) is 5.69 Å². The molecule has 0 aliphatic carbocycles. The van der Waals surface area contributed by atoms with E-state index in [0.717, 1.165) is 0 Å². The Balaban J connectivity index is 1.90. The lowest BCUT2D eigenvalue weighted by molar-refractivity contribution is -0.384. The molecular weight excluding hydrogens is 222 g/mol. The molecule has 7 heteroatoms. The first kappa shape index (κ1) is 11.1. The van der Waals surface area contributed by atoms with Gasteiger partial charge in [0.15, 0.2) is 0 Å². The van der Waals surface area contributed by atoms with Crippen molar-refractivity contribution < 1.29 is 4.92 Å². The summed E-state index contributed by atoms with van der Waals surface area (Å²) in [6, 6.07) is 4.60. The highest BCUT2D eigenvalue weighted by molar-refractivity contribution is 5.43. The van der Waals surface area contributed by atoms with Crippen molar-refractivity contribution in [2.45, 2.75) is 6.54 Å². The van der Waals surface area contributed by atoms with Gasteiger partial charge in [0.2, 0.25) is 0 Å². The third kappa shape index (κ3) is 3.00. The van der Waals surface area contributed by atoms with Crippen molar-refractivity contribution in [1.82, 2.24) is 14.8 Å². The Hall–Kier alpha value is -2.44. The first-order valence-corrected chi connectivity index (χ1v) is 5.07. The zero-order valence-electron chi connectivity index (χ0n) is 8.98. The van der Waals surface area contributed by atoms with Crippen LogP contribution in [0.3, 0.4) is 0 Å². The third-order valence-corrected chi connectivity index (χ3v) is 2.16. The van der Waals surface area contributed by atoms with E-state index in [4.69, 9.17) is 0 Å². The maximum atomic E-state index is 10.5. The number of hydrogen-bond acceptors (Lipinski definition) is 5. The van der Waals surface area contributed by atoms with Gasteiger partial charge in [0.05, 0.1) is 17.5 Å². The number of rotatable bonds is 5. The molecule has 0 saturated heterocycles. The van der Waals surface area contributed by atoms with Gasteiger partial charge in [-0.25, -0.2) is 4.98 Å². The van der Waals surface area contributed by atoms with E-state index in [2.05, 4.69) is 15.4 Å². The van der Waals surface area contributed by atoms with Crippen LogP contribution in [0.15, 0.2) is 36.8 Å². The van der Waals surface area contributed by atoms with Crippen LogP contribution in [-0.2, 0) is 6.54 Å². The van der Waals surface area contributed by atoms with Gasteiger partial charge in [-0.15, -0.1) is 0 Å². The van der Waals surface area contributed by atoms with Gasteiger partial charge in [-0.1, -0.05) is 0 Å². The summed E-state index contributed by atoms with van der Waals surface area (Å²) in [6.45, 7) is 1.28. The largest absolute Gasteiger partial charge is 0.368 e. The van der Waals surface area contributed by atoms with Crippen molar-refractivity contribution >= 4 is 11.5 Å². The van der Waals surface area contributed by atoms with Crippen LogP contribution in [0.2, 0.25) is 0 Å². The number of aromatic nitrogens is 3. The summed E-state index contributed by atoms with van der Waals surface area (Å²) in [5.74, 6) is 0.492. The maximum Gasteiger partial charge on any atom is 0.274 e. The molecule has 88 valence electrons. The molecule has 0 aromatic carbocycles. The minimum Gasteiger partial charge on any atom is -0.368 e. The molecule has 17 heavy (non-hydrogen) atoms. The highest BCUT2D eigenvalue weighted by Gasteiger charge is 2.05. The average Bonchev–Trinajstić information content (AvgIpc) is 2.82. The monoisotopic (exact) mass is 233 g/mol. The molecule has 0 bridgehead atoms. The van der Waals surface area contributed by atoms with Crippen LogP contribution >= 0.6 is 0 Å². The molecule has 2 rings (SSSR count). The second kappa shape index (κ2) is 5.06. The van der Waals surface area contributed by atoms with Crippen molar-refractivity contribution in [1.29, 1.82) is 0 Å². The van der Waals surface area contributed by atoms with E-state index < -0.39 is 4.92 Å². The molecule has 0 radical (unpaired) electrons. The van der Waals surface area contributed by atoms with Crippen LogP contribution in [0.4, 0.5) is 11.5 Å². The lowest BCUT2D eigenvalue weighted by Crippen LogP contribution is -2.11. The van der Waals surface area contributed by atoms with Crippen LogP contribution in [0.25, 0.3) is 0 Å². The minimum atomic E-state index is -0.444. The molecule has 0 saturated carbocycles. The Morgan fingerprint density at radius 2 is 2.35 bits per heavy atom. The molecule has 2 heterocycles. The fourth-order valence-corrected chi connectivity index (χ4v) is 1.36. The Morgan fingerprint density at radius 1 is 1.47 bits per heavy atom. The van der Waals surface area contributed by atoms with E-state index in [1.165, 1.54) is 18.3 Å². The number of anilines is 1. The Morgan fingerprint density at radius 3 is 3.06 bits per heavy atom. The van der Waals surface area contributed by atoms with Gasteiger partial charge in [0.1, 0.15) is 5.82 Å². The predicted octanol–water partition coefficient (Wildman–Crippen LogP) is 1.30. The van der Waals surface area contributed by atoms with Gasteiger partial charge >= 0.3 is 0 Å². The number of nitrogens with zero attached hydrogens (tertiary/aromatic N) is 4. The van der Waals surface area contributed by atoms with Crippen molar-refractivity contribution in [3.63, 3.8) is 0 Å². The highest BCUT2D eigenvalue weighted by Crippen LogP contribution is 2.13. The summed E-state index contributed by atoms with van der Waals surface area (Å²) in [4.78, 5) is 14.1. The van der Waals surface area contributed by atoms with Crippen molar-refractivity contribution in [3.05, 3.63) is 46.9 Å². The summed E-state index contributed by atoms with van der Waals surface area (Å²) in [6.07, 6.45) is 4.96. The number of nitro groups is 1. The Bertz CT molecular complexity index is 497. The number of hydrogen-bond donors (Lipinski definition) is 1. The maximum absolute atomic E-state index is 10.5. The van der Waals surface area contributed by atoms with Gasteiger partial charge in [-0.3, -0.25) is 14.8 Å². The summed E-state index contributed by atoms with van der Waals surface area (Å²) in [5, 5.41) is 17.6. The van der Waals surface area contributed by atoms with Crippen LogP contribution < -0.4 is 5.32 Å². The summed E-state index contributed by atoms with van der Waals surface area (Å²) < 4.78 is 1.77. The quantitative estimate of drug-likeness (QED) is 0.621. The van der Waals surface area contributed by atoms with Gasteiger partial charge in [-0.05, 0) is 6.07 Å². The smallest absolute Gasteiger partial charge is 0.274 e. The van der Waals surface area contributed by atoms with Crippen molar-refractivity contribution in [2.75, 3.05) is 11.9 Å². The van der Waals surface area contributed by atoms with Crippen LogP contribution in [0.1, 0.15) is 0 Å². The second-order valence-corrected chi connectivity index (χ2v) is 3.35.